The molecule has 0 aliphatic heterocycles. The first kappa shape index (κ1) is 18.1. The van der Waals surface area contributed by atoms with Gasteiger partial charge in [-0.15, -0.1) is 0 Å². The zero-order valence-corrected chi connectivity index (χ0v) is 14.6. The second-order valence-electron chi connectivity index (χ2n) is 5.29. The maximum absolute atomic E-state index is 13.7. The molecule has 0 saturated heterocycles. The van der Waals surface area contributed by atoms with Crippen LogP contribution in [-0.4, -0.2) is 10.9 Å². The SMILES string of the molecule is O=C(Nc1ccc(F)cc1F)c1cncc(Nc2cc(Cl)ccc2Cl)c1. The molecule has 0 spiro atoms. The zero-order valence-electron chi connectivity index (χ0n) is 13.1. The van der Waals surface area contributed by atoms with Crippen LogP contribution < -0.4 is 10.6 Å². The van der Waals surface area contributed by atoms with Crippen molar-refractivity contribution in [1.29, 1.82) is 0 Å². The molecule has 1 heterocycles. The van der Waals surface area contributed by atoms with Gasteiger partial charge < -0.3 is 10.6 Å². The number of hydrogen-bond acceptors (Lipinski definition) is 3. The Balaban J connectivity index is 1.80. The average Bonchev–Trinajstić information content (AvgIpc) is 2.61. The van der Waals surface area contributed by atoms with Gasteiger partial charge in [0.1, 0.15) is 11.6 Å². The summed E-state index contributed by atoms with van der Waals surface area (Å²) in [4.78, 5) is 16.3. The number of nitrogens with one attached hydrogen (secondary N) is 2. The molecule has 0 fully saturated rings. The first-order chi connectivity index (χ1) is 12.4. The highest BCUT2D eigenvalue weighted by atomic mass is 35.5. The number of amides is 1. The molecule has 4 nitrogen and oxygen atoms in total. The molecule has 0 aliphatic carbocycles. The lowest BCUT2D eigenvalue weighted by molar-refractivity contribution is 0.102. The van der Waals surface area contributed by atoms with E-state index in [0.717, 1.165) is 12.1 Å². The number of halogens is 4. The number of rotatable bonds is 4. The third-order valence-electron chi connectivity index (χ3n) is 3.39. The van der Waals surface area contributed by atoms with Gasteiger partial charge in [0.05, 0.1) is 33.8 Å². The van der Waals surface area contributed by atoms with Crippen LogP contribution in [0.4, 0.5) is 25.8 Å². The van der Waals surface area contributed by atoms with Crippen LogP contribution >= 0.6 is 23.2 Å². The molecule has 3 rings (SSSR count). The fourth-order valence-corrected chi connectivity index (χ4v) is 2.50. The fourth-order valence-electron chi connectivity index (χ4n) is 2.17. The van der Waals surface area contributed by atoms with E-state index in [1.54, 1.807) is 18.2 Å². The Labute approximate surface area is 157 Å². The van der Waals surface area contributed by atoms with Crippen LogP contribution in [0.1, 0.15) is 10.4 Å². The molecule has 2 N–H and O–H groups in total. The highest BCUT2D eigenvalue weighted by Gasteiger charge is 2.12. The number of carbonyl (C=O) groups is 1. The Hall–Kier alpha value is -2.70. The standard InChI is InChI=1S/C18H11Cl2F2N3O/c19-11-1-3-14(20)17(6-11)24-13-5-10(8-23-9-13)18(26)25-16-4-2-12(21)7-15(16)22/h1-9,24H,(H,25,26). The van der Waals surface area contributed by atoms with Crippen molar-refractivity contribution in [1.82, 2.24) is 4.98 Å². The molecular weight excluding hydrogens is 383 g/mol. The summed E-state index contributed by atoms with van der Waals surface area (Å²) < 4.78 is 26.6. The van der Waals surface area contributed by atoms with Crippen LogP contribution in [-0.2, 0) is 0 Å². The number of carbonyl (C=O) groups excluding carboxylic acids is 1. The maximum atomic E-state index is 13.7. The molecule has 0 bridgehead atoms. The smallest absolute Gasteiger partial charge is 0.257 e. The van der Waals surface area contributed by atoms with Crippen molar-refractivity contribution < 1.29 is 13.6 Å². The third-order valence-corrected chi connectivity index (χ3v) is 3.95. The van der Waals surface area contributed by atoms with Gasteiger partial charge in [0, 0.05) is 17.3 Å². The summed E-state index contributed by atoms with van der Waals surface area (Å²) in [5.41, 5.74) is 1.08. The van der Waals surface area contributed by atoms with Gasteiger partial charge in [0.15, 0.2) is 0 Å². The highest BCUT2D eigenvalue weighted by molar-refractivity contribution is 6.35. The highest BCUT2D eigenvalue weighted by Crippen LogP contribution is 2.28. The lowest BCUT2D eigenvalue weighted by Crippen LogP contribution is -2.13. The van der Waals surface area contributed by atoms with Crippen molar-refractivity contribution in [3.63, 3.8) is 0 Å². The van der Waals surface area contributed by atoms with E-state index < -0.39 is 17.5 Å². The number of anilines is 3. The molecule has 2 aromatic carbocycles. The van der Waals surface area contributed by atoms with E-state index in [0.29, 0.717) is 27.5 Å². The Morgan fingerprint density at radius 2 is 1.77 bits per heavy atom. The lowest BCUT2D eigenvalue weighted by Gasteiger charge is -2.10. The summed E-state index contributed by atoms with van der Waals surface area (Å²) in [5.74, 6) is -2.19. The van der Waals surface area contributed by atoms with Crippen LogP contribution in [0, 0.1) is 11.6 Å². The van der Waals surface area contributed by atoms with Crippen molar-refractivity contribution >= 4 is 46.2 Å². The molecule has 0 atom stereocenters. The lowest BCUT2D eigenvalue weighted by atomic mass is 10.2. The molecule has 1 aromatic heterocycles. The second-order valence-corrected chi connectivity index (χ2v) is 6.13. The van der Waals surface area contributed by atoms with Gasteiger partial charge in [0.2, 0.25) is 0 Å². The number of hydrogen-bond donors (Lipinski definition) is 2. The molecule has 0 radical (unpaired) electrons. The molecular formula is C18H11Cl2F2N3O. The minimum absolute atomic E-state index is 0.132. The van der Waals surface area contributed by atoms with Crippen LogP contribution in [0.5, 0.6) is 0 Å². The molecule has 26 heavy (non-hydrogen) atoms. The van der Waals surface area contributed by atoms with Gasteiger partial charge in [0.25, 0.3) is 5.91 Å². The van der Waals surface area contributed by atoms with Gasteiger partial charge in [-0.25, -0.2) is 8.78 Å². The minimum Gasteiger partial charge on any atom is -0.353 e. The Morgan fingerprint density at radius 1 is 0.962 bits per heavy atom. The predicted molar refractivity (Wildman–Crippen MR) is 98.3 cm³/mol. The first-order valence-electron chi connectivity index (χ1n) is 7.36. The van der Waals surface area contributed by atoms with Gasteiger partial charge >= 0.3 is 0 Å². The number of aromatic nitrogens is 1. The number of benzene rings is 2. The van der Waals surface area contributed by atoms with E-state index in [1.807, 2.05) is 0 Å². The van der Waals surface area contributed by atoms with Crippen LogP contribution in [0.3, 0.4) is 0 Å². The van der Waals surface area contributed by atoms with E-state index in [1.165, 1.54) is 18.5 Å². The fraction of sp³-hybridized carbons (Fsp3) is 0. The molecule has 8 heteroatoms. The Morgan fingerprint density at radius 3 is 2.54 bits per heavy atom. The van der Waals surface area contributed by atoms with Crippen molar-refractivity contribution in [2.45, 2.75) is 0 Å². The summed E-state index contributed by atoms with van der Waals surface area (Å²) >= 11 is 12.0. The Kier molecular flexibility index (Phi) is 5.35. The monoisotopic (exact) mass is 393 g/mol. The van der Waals surface area contributed by atoms with E-state index in [-0.39, 0.29) is 11.3 Å². The summed E-state index contributed by atoms with van der Waals surface area (Å²) in [5, 5.41) is 6.31. The largest absolute Gasteiger partial charge is 0.353 e. The molecule has 0 aliphatic rings. The van der Waals surface area contributed by atoms with Crippen LogP contribution in [0.2, 0.25) is 10.0 Å². The van der Waals surface area contributed by atoms with Crippen molar-refractivity contribution in [3.05, 3.63) is 82.1 Å². The van der Waals surface area contributed by atoms with Crippen LogP contribution in [0.25, 0.3) is 0 Å². The maximum Gasteiger partial charge on any atom is 0.257 e. The number of nitrogens with zero attached hydrogens (tertiary/aromatic N) is 1. The Bertz CT molecular complexity index is 982. The number of pyridine rings is 1. The van der Waals surface area contributed by atoms with Crippen LogP contribution in [0.15, 0.2) is 54.9 Å². The quantitative estimate of drug-likeness (QED) is 0.600. The van der Waals surface area contributed by atoms with E-state index in [9.17, 15) is 13.6 Å². The van der Waals surface area contributed by atoms with Gasteiger partial charge in [-0.05, 0) is 36.4 Å². The van der Waals surface area contributed by atoms with Gasteiger partial charge in [-0.3, -0.25) is 9.78 Å². The second kappa shape index (κ2) is 7.68. The van der Waals surface area contributed by atoms with E-state index >= 15 is 0 Å². The minimum atomic E-state index is -0.869. The zero-order chi connectivity index (χ0) is 18.7. The van der Waals surface area contributed by atoms with Gasteiger partial charge in [-0.2, -0.15) is 0 Å². The molecule has 132 valence electrons. The topological polar surface area (TPSA) is 54.0 Å². The summed E-state index contributed by atoms with van der Waals surface area (Å²) in [7, 11) is 0. The molecule has 3 aromatic rings. The van der Waals surface area contributed by atoms with E-state index in [2.05, 4.69) is 15.6 Å². The molecule has 0 unspecified atom stereocenters. The van der Waals surface area contributed by atoms with Crippen molar-refractivity contribution in [3.8, 4) is 0 Å². The summed E-state index contributed by atoms with van der Waals surface area (Å²) in [6.07, 6.45) is 2.81. The van der Waals surface area contributed by atoms with E-state index in [4.69, 9.17) is 23.2 Å². The first-order valence-corrected chi connectivity index (χ1v) is 8.11. The summed E-state index contributed by atoms with van der Waals surface area (Å²) in [6, 6.07) is 9.31. The molecule has 1 amide bonds. The van der Waals surface area contributed by atoms with Gasteiger partial charge in [-0.1, -0.05) is 23.2 Å². The molecule has 0 saturated carbocycles. The average molecular weight is 394 g/mol. The van der Waals surface area contributed by atoms with Crippen molar-refractivity contribution in [2.75, 3.05) is 10.6 Å². The van der Waals surface area contributed by atoms with Crippen molar-refractivity contribution in [2.24, 2.45) is 0 Å². The third kappa shape index (κ3) is 4.28. The predicted octanol–water partition coefficient (Wildman–Crippen LogP) is 5.66. The normalized spacial score (nSPS) is 10.5. The summed E-state index contributed by atoms with van der Waals surface area (Å²) in [6.45, 7) is 0.